The Bertz CT molecular complexity index is 354. The third-order valence-corrected chi connectivity index (χ3v) is 2.85. The molecule has 15 heavy (non-hydrogen) atoms. The van der Waals surface area contributed by atoms with Crippen LogP contribution < -0.4 is 10.6 Å². The monoisotopic (exact) mass is 270 g/mol. The van der Waals surface area contributed by atoms with Crippen molar-refractivity contribution in [2.45, 2.75) is 19.9 Å². The zero-order valence-corrected chi connectivity index (χ0v) is 10.5. The molecule has 1 unspecified atom stereocenters. The molecule has 2 N–H and O–H groups in total. The number of benzene rings is 1. The molecule has 3 nitrogen and oxygen atoms in total. The number of hydrogen-bond donors (Lipinski definition) is 1. The van der Waals surface area contributed by atoms with Crippen LogP contribution in [0.5, 0.6) is 0 Å². The molecular formula is C11H15BrN2O. The first-order valence-corrected chi connectivity index (χ1v) is 5.67. The summed E-state index contributed by atoms with van der Waals surface area (Å²) in [6.07, 6.45) is 0. The molecule has 0 heterocycles. The molecule has 1 aromatic rings. The predicted molar refractivity (Wildman–Crippen MR) is 65.8 cm³/mol. The molecule has 0 aliphatic rings. The number of likely N-dealkylation sites (N-methyl/N-ethyl adjacent to an activating group) is 1. The maximum Gasteiger partial charge on any atom is 0.239 e. The minimum atomic E-state index is -0.308. The first kappa shape index (κ1) is 12.0. The molecule has 1 aromatic carbocycles. The van der Waals surface area contributed by atoms with Gasteiger partial charge in [-0.3, -0.25) is 4.79 Å². The number of rotatable bonds is 4. The van der Waals surface area contributed by atoms with Gasteiger partial charge >= 0.3 is 0 Å². The number of nitrogens with zero attached hydrogens (tertiary/aromatic N) is 1. The second-order valence-corrected chi connectivity index (χ2v) is 4.26. The maximum atomic E-state index is 11.1. The Labute approximate surface area is 98.4 Å². The Morgan fingerprint density at radius 3 is 2.73 bits per heavy atom. The average molecular weight is 271 g/mol. The number of primary amides is 1. The van der Waals surface area contributed by atoms with Crippen molar-refractivity contribution in [2.75, 3.05) is 11.4 Å². The highest BCUT2D eigenvalue weighted by Crippen LogP contribution is 2.21. The summed E-state index contributed by atoms with van der Waals surface area (Å²) in [6.45, 7) is 4.56. The van der Waals surface area contributed by atoms with E-state index >= 15 is 0 Å². The van der Waals surface area contributed by atoms with Crippen LogP contribution in [0.1, 0.15) is 13.8 Å². The molecule has 4 heteroatoms. The van der Waals surface area contributed by atoms with Crippen molar-refractivity contribution < 1.29 is 4.79 Å². The molecule has 1 rings (SSSR count). The van der Waals surface area contributed by atoms with Gasteiger partial charge in [0.2, 0.25) is 5.91 Å². The van der Waals surface area contributed by atoms with Gasteiger partial charge in [0.25, 0.3) is 0 Å². The van der Waals surface area contributed by atoms with Gasteiger partial charge in [-0.15, -0.1) is 0 Å². The Kier molecular flexibility index (Phi) is 4.15. The minimum absolute atomic E-state index is 0.288. The van der Waals surface area contributed by atoms with E-state index in [1.54, 1.807) is 0 Å². The number of nitrogens with two attached hydrogens (primary N) is 1. The minimum Gasteiger partial charge on any atom is -0.368 e. The highest BCUT2D eigenvalue weighted by atomic mass is 79.9. The fraction of sp³-hybridized carbons (Fsp3) is 0.364. The lowest BCUT2D eigenvalue weighted by atomic mass is 10.2. The van der Waals surface area contributed by atoms with E-state index in [1.165, 1.54) is 0 Å². The first-order chi connectivity index (χ1) is 7.06. The van der Waals surface area contributed by atoms with Crippen LogP contribution in [0.25, 0.3) is 0 Å². The van der Waals surface area contributed by atoms with Crippen LogP contribution >= 0.6 is 15.9 Å². The zero-order chi connectivity index (χ0) is 11.4. The van der Waals surface area contributed by atoms with Crippen molar-refractivity contribution in [2.24, 2.45) is 5.73 Å². The summed E-state index contributed by atoms with van der Waals surface area (Å²) in [6, 6.07) is 7.54. The van der Waals surface area contributed by atoms with Gasteiger partial charge in [0.05, 0.1) is 0 Å². The molecule has 0 saturated heterocycles. The van der Waals surface area contributed by atoms with Gasteiger partial charge in [0.15, 0.2) is 0 Å². The Balaban J connectivity index is 2.97. The van der Waals surface area contributed by atoms with Crippen molar-refractivity contribution in [3.63, 3.8) is 0 Å². The van der Waals surface area contributed by atoms with Gasteiger partial charge < -0.3 is 10.6 Å². The summed E-state index contributed by atoms with van der Waals surface area (Å²) in [5, 5.41) is 0. The molecule has 0 aliphatic carbocycles. The number of halogens is 1. The van der Waals surface area contributed by atoms with Crippen LogP contribution in [0.15, 0.2) is 28.7 Å². The van der Waals surface area contributed by atoms with Gasteiger partial charge in [-0.2, -0.15) is 0 Å². The number of carbonyl (C=O) groups is 1. The number of carbonyl (C=O) groups excluding carboxylic acids is 1. The Morgan fingerprint density at radius 1 is 1.60 bits per heavy atom. The highest BCUT2D eigenvalue weighted by molar-refractivity contribution is 9.10. The summed E-state index contributed by atoms with van der Waals surface area (Å²) in [4.78, 5) is 13.1. The van der Waals surface area contributed by atoms with Gasteiger partial charge in [0.1, 0.15) is 6.04 Å². The molecule has 0 fully saturated rings. The predicted octanol–water partition coefficient (Wildman–Crippen LogP) is 2.15. The molecule has 0 spiro atoms. The molecule has 1 atom stereocenters. The number of hydrogen-bond acceptors (Lipinski definition) is 2. The number of amides is 1. The quantitative estimate of drug-likeness (QED) is 0.912. The molecule has 0 bridgehead atoms. The van der Waals surface area contributed by atoms with Crippen LogP contribution in [0.2, 0.25) is 0 Å². The molecular weight excluding hydrogens is 256 g/mol. The van der Waals surface area contributed by atoms with Crippen LogP contribution in [-0.4, -0.2) is 18.5 Å². The first-order valence-electron chi connectivity index (χ1n) is 4.87. The standard InChI is InChI=1S/C11H15BrN2O/c1-3-14(8(2)11(13)15)10-6-4-5-9(12)7-10/h4-8H,3H2,1-2H3,(H2,13,15). The molecule has 0 radical (unpaired) electrons. The van der Waals surface area contributed by atoms with Gasteiger partial charge in [-0.25, -0.2) is 0 Å². The van der Waals surface area contributed by atoms with E-state index in [-0.39, 0.29) is 11.9 Å². The van der Waals surface area contributed by atoms with Crippen molar-refractivity contribution >= 4 is 27.5 Å². The summed E-state index contributed by atoms with van der Waals surface area (Å²) in [5.41, 5.74) is 6.29. The Hall–Kier alpha value is -1.03. The summed E-state index contributed by atoms with van der Waals surface area (Å²) < 4.78 is 0.995. The van der Waals surface area contributed by atoms with E-state index in [9.17, 15) is 4.79 Å². The van der Waals surface area contributed by atoms with Crippen molar-refractivity contribution in [1.29, 1.82) is 0 Å². The van der Waals surface area contributed by atoms with Crippen molar-refractivity contribution in [3.8, 4) is 0 Å². The lowest BCUT2D eigenvalue weighted by Gasteiger charge is -2.28. The third kappa shape index (κ3) is 2.96. The SMILES string of the molecule is CCN(c1cccc(Br)c1)C(C)C(N)=O. The normalized spacial score (nSPS) is 12.2. The molecule has 0 saturated carbocycles. The molecule has 0 aliphatic heterocycles. The van der Waals surface area contributed by atoms with Crippen LogP contribution in [0, 0.1) is 0 Å². The molecule has 1 amide bonds. The fourth-order valence-corrected chi connectivity index (χ4v) is 1.88. The van der Waals surface area contributed by atoms with E-state index in [2.05, 4.69) is 15.9 Å². The van der Waals surface area contributed by atoms with E-state index < -0.39 is 0 Å². The van der Waals surface area contributed by atoms with Crippen molar-refractivity contribution in [1.82, 2.24) is 0 Å². The highest BCUT2D eigenvalue weighted by Gasteiger charge is 2.17. The summed E-state index contributed by atoms with van der Waals surface area (Å²) >= 11 is 3.40. The van der Waals surface area contributed by atoms with E-state index in [1.807, 2.05) is 43.0 Å². The average Bonchev–Trinajstić information content (AvgIpc) is 2.18. The van der Waals surface area contributed by atoms with Gasteiger partial charge in [-0.05, 0) is 32.0 Å². The van der Waals surface area contributed by atoms with Gasteiger partial charge in [0, 0.05) is 16.7 Å². The van der Waals surface area contributed by atoms with E-state index in [4.69, 9.17) is 5.73 Å². The van der Waals surface area contributed by atoms with Crippen LogP contribution in [0.3, 0.4) is 0 Å². The van der Waals surface area contributed by atoms with Crippen LogP contribution in [-0.2, 0) is 4.79 Å². The second kappa shape index (κ2) is 5.16. The molecule has 82 valence electrons. The fourth-order valence-electron chi connectivity index (χ4n) is 1.49. The van der Waals surface area contributed by atoms with Crippen molar-refractivity contribution in [3.05, 3.63) is 28.7 Å². The lowest BCUT2D eigenvalue weighted by Crippen LogP contribution is -2.42. The zero-order valence-electron chi connectivity index (χ0n) is 8.90. The second-order valence-electron chi connectivity index (χ2n) is 3.34. The largest absolute Gasteiger partial charge is 0.368 e. The summed E-state index contributed by atoms with van der Waals surface area (Å²) in [5.74, 6) is -0.308. The van der Waals surface area contributed by atoms with E-state index in [0.29, 0.717) is 0 Å². The van der Waals surface area contributed by atoms with Crippen LogP contribution in [0.4, 0.5) is 5.69 Å². The molecule has 0 aromatic heterocycles. The topological polar surface area (TPSA) is 46.3 Å². The third-order valence-electron chi connectivity index (χ3n) is 2.36. The van der Waals surface area contributed by atoms with Gasteiger partial charge in [-0.1, -0.05) is 22.0 Å². The maximum absolute atomic E-state index is 11.1. The smallest absolute Gasteiger partial charge is 0.239 e. The number of anilines is 1. The Morgan fingerprint density at radius 2 is 2.27 bits per heavy atom. The summed E-state index contributed by atoms with van der Waals surface area (Å²) in [7, 11) is 0. The lowest BCUT2D eigenvalue weighted by molar-refractivity contribution is -0.118. The van der Waals surface area contributed by atoms with E-state index in [0.717, 1.165) is 16.7 Å².